The van der Waals surface area contributed by atoms with E-state index < -0.39 is 0 Å². The lowest BCUT2D eigenvalue weighted by Crippen LogP contribution is -2.39. The minimum Gasteiger partial charge on any atom is -0.379 e. The van der Waals surface area contributed by atoms with Crippen molar-refractivity contribution in [2.75, 3.05) is 33.4 Å². The van der Waals surface area contributed by atoms with Crippen LogP contribution < -0.4 is 10.6 Å². The molecule has 0 aliphatic carbocycles. The van der Waals surface area contributed by atoms with E-state index >= 15 is 0 Å². The Labute approximate surface area is 179 Å². The van der Waals surface area contributed by atoms with Crippen molar-refractivity contribution in [2.24, 2.45) is 4.99 Å². The van der Waals surface area contributed by atoms with E-state index in [0.717, 1.165) is 24.7 Å². The summed E-state index contributed by atoms with van der Waals surface area (Å²) in [5.41, 5.74) is 2.36. The molecule has 0 radical (unpaired) electrons. The van der Waals surface area contributed by atoms with Gasteiger partial charge in [-0.3, -0.25) is 4.99 Å². The molecule has 0 amide bonds. The molecule has 0 spiro atoms. The first-order chi connectivity index (χ1) is 14.2. The van der Waals surface area contributed by atoms with Gasteiger partial charge in [0, 0.05) is 36.9 Å². The molecule has 1 atom stereocenters. The molecule has 0 saturated carbocycles. The molecular weight excluding hydrogens is 382 g/mol. The van der Waals surface area contributed by atoms with Crippen LogP contribution in [0.2, 0.25) is 0 Å². The summed E-state index contributed by atoms with van der Waals surface area (Å²) < 4.78 is 10.9. The van der Waals surface area contributed by atoms with Crippen molar-refractivity contribution in [3.05, 3.63) is 65.7 Å². The van der Waals surface area contributed by atoms with Crippen molar-refractivity contribution in [3.63, 3.8) is 0 Å². The van der Waals surface area contributed by atoms with Crippen molar-refractivity contribution >= 4 is 17.7 Å². The van der Waals surface area contributed by atoms with E-state index in [4.69, 9.17) is 9.47 Å². The van der Waals surface area contributed by atoms with Crippen molar-refractivity contribution in [3.8, 4) is 0 Å². The molecule has 6 heteroatoms. The molecule has 0 aliphatic rings. The molecule has 29 heavy (non-hydrogen) atoms. The molecule has 0 fully saturated rings. The lowest BCUT2D eigenvalue weighted by Gasteiger charge is -2.16. The van der Waals surface area contributed by atoms with Gasteiger partial charge in [-0.1, -0.05) is 49.4 Å². The summed E-state index contributed by atoms with van der Waals surface area (Å²) in [6.07, 6.45) is 0. The van der Waals surface area contributed by atoms with Gasteiger partial charge in [0.15, 0.2) is 5.96 Å². The Bertz CT molecular complexity index is 725. The fourth-order valence-electron chi connectivity index (χ4n) is 2.70. The minimum atomic E-state index is 0.438. The molecular formula is C23H33N3O2S. The van der Waals surface area contributed by atoms with E-state index in [1.807, 2.05) is 24.8 Å². The zero-order valence-electron chi connectivity index (χ0n) is 17.7. The van der Waals surface area contributed by atoms with Crippen molar-refractivity contribution in [2.45, 2.75) is 37.1 Å². The number of hydrogen-bond acceptors (Lipinski definition) is 4. The third-order valence-corrected chi connectivity index (χ3v) is 5.27. The average molecular weight is 416 g/mol. The first-order valence-electron chi connectivity index (χ1n) is 10.1. The maximum absolute atomic E-state index is 5.65. The average Bonchev–Trinajstić information content (AvgIpc) is 2.75. The Morgan fingerprint density at radius 1 is 1.00 bits per heavy atom. The smallest absolute Gasteiger partial charge is 0.191 e. The summed E-state index contributed by atoms with van der Waals surface area (Å²) >= 11 is 1.86. The van der Waals surface area contributed by atoms with Gasteiger partial charge in [-0.05, 0) is 30.2 Å². The second-order valence-corrected chi connectivity index (χ2v) is 8.13. The second-order valence-electron chi connectivity index (χ2n) is 6.62. The lowest BCUT2D eigenvalue weighted by atomic mass is 10.1. The SMILES string of the molecule is CCOCCOCc1cccc(CNC(=NC)NCC(C)Sc2ccccc2)c1. The highest BCUT2D eigenvalue weighted by molar-refractivity contribution is 8.00. The van der Waals surface area contributed by atoms with Crippen LogP contribution in [0.15, 0.2) is 64.5 Å². The van der Waals surface area contributed by atoms with Crippen molar-refractivity contribution < 1.29 is 9.47 Å². The zero-order chi connectivity index (χ0) is 20.7. The fraction of sp³-hybridized carbons (Fsp3) is 0.435. The summed E-state index contributed by atoms with van der Waals surface area (Å²) in [5, 5.41) is 7.23. The Balaban J connectivity index is 1.72. The summed E-state index contributed by atoms with van der Waals surface area (Å²) in [6.45, 7) is 8.34. The molecule has 2 rings (SSSR count). The fourth-order valence-corrected chi connectivity index (χ4v) is 3.65. The van der Waals surface area contributed by atoms with Crippen LogP contribution in [-0.2, 0) is 22.6 Å². The van der Waals surface area contributed by atoms with Gasteiger partial charge in [0.25, 0.3) is 0 Å². The molecule has 2 N–H and O–H groups in total. The largest absolute Gasteiger partial charge is 0.379 e. The predicted molar refractivity (Wildman–Crippen MR) is 123 cm³/mol. The minimum absolute atomic E-state index is 0.438. The second kappa shape index (κ2) is 14.0. The summed E-state index contributed by atoms with van der Waals surface area (Å²) in [5.74, 6) is 0.809. The standard InChI is InChI=1S/C23H33N3O2S/c1-4-27-13-14-28-18-21-10-8-9-20(15-21)17-26-23(24-3)25-16-19(2)29-22-11-6-5-7-12-22/h5-12,15,19H,4,13-14,16-18H2,1-3H3,(H2,24,25,26). The molecule has 2 aromatic rings. The van der Waals surface area contributed by atoms with Crippen LogP contribution in [0.1, 0.15) is 25.0 Å². The van der Waals surface area contributed by atoms with E-state index in [2.05, 4.69) is 71.1 Å². The monoisotopic (exact) mass is 415 g/mol. The Morgan fingerprint density at radius 2 is 1.76 bits per heavy atom. The Kier molecular flexibility index (Phi) is 11.3. The highest BCUT2D eigenvalue weighted by Crippen LogP contribution is 2.21. The normalized spacial score (nSPS) is 12.6. The topological polar surface area (TPSA) is 54.9 Å². The van der Waals surface area contributed by atoms with Gasteiger partial charge in [-0.2, -0.15) is 0 Å². The van der Waals surface area contributed by atoms with Gasteiger partial charge in [0.2, 0.25) is 0 Å². The molecule has 0 aliphatic heterocycles. The van der Waals surface area contributed by atoms with Crippen molar-refractivity contribution in [1.82, 2.24) is 10.6 Å². The van der Waals surface area contributed by atoms with E-state index in [0.29, 0.717) is 31.6 Å². The first kappa shape index (κ1) is 23.3. The molecule has 5 nitrogen and oxygen atoms in total. The van der Waals surface area contributed by atoms with E-state index in [1.54, 1.807) is 7.05 Å². The number of hydrogen-bond donors (Lipinski definition) is 2. The van der Waals surface area contributed by atoms with Crippen LogP contribution in [0.3, 0.4) is 0 Å². The maximum atomic E-state index is 5.65. The lowest BCUT2D eigenvalue weighted by molar-refractivity contribution is 0.0453. The molecule has 0 saturated heterocycles. The van der Waals surface area contributed by atoms with Gasteiger partial charge in [0.05, 0.1) is 19.8 Å². The van der Waals surface area contributed by atoms with Crippen LogP contribution >= 0.6 is 11.8 Å². The highest BCUT2D eigenvalue weighted by atomic mass is 32.2. The van der Waals surface area contributed by atoms with E-state index in [-0.39, 0.29) is 0 Å². The van der Waals surface area contributed by atoms with Gasteiger partial charge in [0.1, 0.15) is 0 Å². The summed E-state index contributed by atoms with van der Waals surface area (Å²) in [7, 11) is 1.80. The number of nitrogens with one attached hydrogen (secondary N) is 2. The third kappa shape index (κ3) is 9.83. The van der Waals surface area contributed by atoms with Gasteiger partial charge >= 0.3 is 0 Å². The van der Waals surface area contributed by atoms with Gasteiger partial charge in [-0.15, -0.1) is 11.8 Å². The number of rotatable bonds is 12. The van der Waals surface area contributed by atoms with Crippen LogP contribution in [0.5, 0.6) is 0 Å². The molecule has 0 aromatic heterocycles. The van der Waals surface area contributed by atoms with E-state index in [9.17, 15) is 0 Å². The first-order valence-corrected chi connectivity index (χ1v) is 11.0. The number of thioether (sulfide) groups is 1. The number of benzene rings is 2. The number of ether oxygens (including phenoxy) is 2. The molecule has 0 bridgehead atoms. The van der Waals surface area contributed by atoms with E-state index in [1.165, 1.54) is 10.5 Å². The molecule has 1 unspecified atom stereocenters. The van der Waals surface area contributed by atoms with Gasteiger partial charge in [-0.25, -0.2) is 0 Å². The summed E-state index contributed by atoms with van der Waals surface area (Å²) in [6, 6.07) is 18.9. The Hall–Kier alpha value is -2.02. The third-order valence-electron chi connectivity index (χ3n) is 4.16. The Morgan fingerprint density at radius 3 is 2.52 bits per heavy atom. The molecule has 0 heterocycles. The quantitative estimate of drug-likeness (QED) is 0.237. The van der Waals surface area contributed by atoms with Crippen LogP contribution in [0, 0.1) is 0 Å². The summed E-state index contributed by atoms with van der Waals surface area (Å²) in [4.78, 5) is 5.61. The zero-order valence-corrected chi connectivity index (χ0v) is 18.5. The molecule has 158 valence electrons. The molecule has 2 aromatic carbocycles. The highest BCUT2D eigenvalue weighted by Gasteiger charge is 2.06. The number of guanidine groups is 1. The van der Waals surface area contributed by atoms with Crippen LogP contribution in [0.4, 0.5) is 0 Å². The predicted octanol–water partition coefficient (Wildman–Crippen LogP) is 4.09. The van der Waals surface area contributed by atoms with Crippen molar-refractivity contribution in [1.29, 1.82) is 0 Å². The number of nitrogens with zero attached hydrogens (tertiary/aromatic N) is 1. The van der Waals surface area contributed by atoms with Crippen LogP contribution in [0.25, 0.3) is 0 Å². The van der Waals surface area contributed by atoms with Crippen LogP contribution in [-0.4, -0.2) is 44.6 Å². The van der Waals surface area contributed by atoms with Gasteiger partial charge < -0.3 is 20.1 Å². The maximum Gasteiger partial charge on any atom is 0.191 e. The number of aliphatic imine (C=N–C) groups is 1.